The van der Waals surface area contributed by atoms with Crippen molar-refractivity contribution in [3.8, 4) is 29.4 Å². The minimum Gasteiger partial charge on any atom is -0.497 e. The van der Waals surface area contributed by atoms with Crippen LogP contribution in [-0.2, 0) is 14.6 Å². The summed E-state index contributed by atoms with van der Waals surface area (Å²) < 4.78 is 29.6. The second-order valence-electron chi connectivity index (χ2n) is 7.41. The smallest absolute Gasteiger partial charge is 0.338 e. The summed E-state index contributed by atoms with van der Waals surface area (Å²) in [5.74, 6) is 13.6. The highest BCUT2D eigenvalue weighted by atomic mass is 32.2. The van der Waals surface area contributed by atoms with Gasteiger partial charge in [-0.3, -0.25) is 0 Å². The minimum atomic E-state index is -4.31. The molecule has 0 saturated carbocycles. The molecule has 0 amide bonds. The van der Waals surface area contributed by atoms with Gasteiger partial charge in [-0.1, -0.05) is 57.8 Å². The van der Waals surface area contributed by atoms with E-state index in [1.54, 1.807) is 0 Å². The van der Waals surface area contributed by atoms with Crippen LogP contribution in [0.3, 0.4) is 0 Å². The van der Waals surface area contributed by atoms with Gasteiger partial charge in [-0.25, -0.2) is 19.1 Å². The molecule has 1 atom stereocenters. The van der Waals surface area contributed by atoms with Gasteiger partial charge in [0.15, 0.2) is 0 Å². The lowest BCUT2D eigenvalue weighted by Crippen LogP contribution is -2.45. The van der Waals surface area contributed by atoms with E-state index in [-0.39, 0.29) is 11.3 Å². The van der Waals surface area contributed by atoms with E-state index < -0.39 is 20.6 Å². The van der Waals surface area contributed by atoms with Crippen molar-refractivity contribution in [1.82, 2.24) is 0 Å². The first-order chi connectivity index (χ1) is 15.9. The Bertz CT molecular complexity index is 920. The van der Waals surface area contributed by atoms with Crippen LogP contribution in [0.2, 0.25) is 0 Å². The third kappa shape index (κ3) is 9.47. The summed E-state index contributed by atoms with van der Waals surface area (Å²) in [4.78, 5) is 12.2. The number of nitrogens with two attached hydrogens (primary N) is 1. The molecular formula is C25H37NO6S. The first-order valence-electron chi connectivity index (χ1n) is 11.2. The van der Waals surface area contributed by atoms with Gasteiger partial charge in [0.2, 0.25) is 14.6 Å². The zero-order valence-electron chi connectivity index (χ0n) is 19.9. The summed E-state index contributed by atoms with van der Waals surface area (Å²) in [5, 5.41) is 16.5. The van der Waals surface area contributed by atoms with Crippen LogP contribution in [0.15, 0.2) is 29.2 Å². The molecule has 1 unspecified atom stereocenters. The second kappa shape index (κ2) is 17.0. The van der Waals surface area contributed by atoms with Crippen LogP contribution in [0.1, 0.15) is 78.1 Å². The van der Waals surface area contributed by atoms with Gasteiger partial charge in [0, 0.05) is 12.8 Å². The number of carbonyl (C=O) groups is 1. The zero-order chi connectivity index (χ0) is 25.2. The summed E-state index contributed by atoms with van der Waals surface area (Å²) in [7, 11) is -2.84. The van der Waals surface area contributed by atoms with Gasteiger partial charge in [-0.15, -0.1) is 11.8 Å². The average Bonchev–Trinajstić information content (AvgIpc) is 2.83. The Labute approximate surface area is 198 Å². The monoisotopic (exact) mass is 479 g/mol. The third-order valence-electron chi connectivity index (χ3n) is 4.99. The lowest BCUT2D eigenvalue weighted by molar-refractivity contribution is -0.138. The Balaban J connectivity index is 0.00000497. The van der Waals surface area contributed by atoms with E-state index in [1.165, 1.54) is 31.4 Å². The van der Waals surface area contributed by atoms with Crippen LogP contribution in [0.5, 0.6) is 5.75 Å². The van der Waals surface area contributed by atoms with Crippen LogP contribution >= 0.6 is 0 Å². The molecule has 184 valence electrons. The number of carboxylic acid groups (broad SMARTS) is 1. The predicted molar refractivity (Wildman–Crippen MR) is 130 cm³/mol. The lowest BCUT2D eigenvalue weighted by atomic mass is 10.0. The van der Waals surface area contributed by atoms with Crippen LogP contribution < -0.4 is 10.6 Å². The number of sulfone groups is 1. The van der Waals surface area contributed by atoms with E-state index in [4.69, 9.17) is 9.94 Å². The number of aliphatic carboxylic acids is 1. The molecule has 1 aromatic rings. The number of ether oxygens (including phenoxy) is 1. The number of hydrogen-bond donors (Lipinski definition) is 3. The van der Waals surface area contributed by atoms with Gasteiger partial charge in [0.25, 0.3) is 0 Å². The Hall–Kier alpha value is -2.52. The van der Waals surface area contributed by atoms with Crippen molar-refractivity contribution in [1.29, 1.82) is 0 Å². The molecule has 8 heteroatoms. The van der Waals surface area contributed by atoms with E-state index in [0.29, 0.717) is 18.6 Å². The molecule has 0 saturated heterocycles. The van der Waals surface area contributed by atoms with E-state index >= 15 is 0 Å². The fourth-order valence-corrected chi connectivity index (χ4v) is 4.59. The van der Waals surface area contributed by atoms with E-state index in [9.17, 15) is 18.3 Å². The quantitative estimate of drug-likeness (QED) is 0.228. The standard InChI is InChI=1S/C25H34O5S.H3NO/c1-4-6-8-10-12-14-20-25(24(26)27,21-15-13-11-9-7-5-2)31(28,29)23-18-16-22(30-3)17-19-23;1-2/h16-19H,4-12,21H2,1-3H3,(H,26,27);2H,1H2. The summed E-state index contributed by atoms with van der Waals surface area (Å²) in [5.41, 5.74) is 0. The van der Waals surface area contributed by atoms with Crippen LogP contribution in [-0.4, -0.2) is 36.6 Å². The average molecular weight is 480 g/mol. The first kappa shape index (κ1) is 30.5. The van der Waals surface area contributed by atoms with Crippen molar-refractivity contribution in [3.05, 3.63) is 24.3 Å². The Morgan fingerprint density at radius 2 is 1.48 bits per heavy atom. The molecule has 0 bridgehead atoms. The molecular weight excluding hydrogens is 442 g/mol. The number of rotatable bonds is 12. The van der Waals surface area contributed by atoms with Gasteiger partial charge < -0.3 is 15.1 Å². The topological polar surface area (TPSA) is 127 Å². The van der Waals surface area contributed by atoms with Crippen molar-refractivity contribution in [3.63, 3.8) is 0 Å². The molecule has 0 fully saturated rings. The highest BCUT2D eigenvalue weighted by molar-refractivity contribution is 7.94. The third-order valence-corrected chi connectivity index (χ3v) is 7.22. The molecule has 1 rings (SSSR count). The van der Waals surface area contributed by atoms with E-state index in [2.05, 4.69) is 43.4 Å². The maximum atomic E-state index is 13.4. The van der Waals surface area contributed by atoms with Crippen molar-refractivity contribution in [2.75, 3.05) is 7.11 Å². The van der Waals surface area contributed by atoms with E-state index in [0.717, 1.165) is 44.9 Å². The Kier molecular flexibility index (Phi) is 15.7. The normalized spacial score (nSPS) is 12.0. The molecule has 0 aromatic heterocycles. The lowest BCUT2D eigenvalue weighted by Gasteiger charge is -2.22. The predicted octanol–water partition coefficient (Wildman–Crippen LogP) is 4.57. The summed E-state index contributed by atoms with van der Waals surface area (Å²) in [6.07, 6.45) is 7.60. The molecule has 1 aromatic carbocycles. The van der Waals surface area contributed by atoms with E-state index in [1.807, 2.05) is 0 Å². The maximum absolute atomic E-state index is 13.4. The van der Waals surface area contributed by atoms with Crippen molar-refractivity contribution in [2.45, 2.75) is 87.7 Å². The number of methoxy groups -OCH3 is 1. The van der Waals surface area contributed by atoms with Gasteiger partial charge in [-0.05, 0) is 37.1 Å². The summed E-state index contributed by atoms with van der Waals surface area (Å²) in [6, 6.07) is 5.69. The summed E-state index contributed by atoms with van der Waals surface area (Å²) in [6.45, 7) is 4.18. The van der Waals surface area contributed by atoms with Crippen LogP contribution in [0.4, 0.5) is 0 Å². The molecule has 0 aliphatic heterocycles. The SMILES string of the molecule is CCCCCC#CCC(C#CCCCCCC)(C(=O)O)S(=O)(=O)c1ccc(OC)cc1.NO. The van der Waals surface area contributed by atoms with Gasteiger partial charge in [-0.2, -0.15) is 0 Å². The first-order valence-corrected chi connectivity index (χ1v) is 12.7. The highest BCUT2D eigenvalue weighted by Gasteiger charge is 2.50. The molecule has 0 heterocycles. The zero-order valence-corrected chi connectivity index (χ0v) is 20.7. The number of benzene rings is 1. The molecule has 0 radical (unpaired) electrons. The van der Waals surface area contributed by atoms with Gasteiger partial charge >= 0.3 is 5.97 Å². The number of unbranched alkanes of at least 4 members (excludes halogenated alkanes) is 7. The van der Waals surface area contributed by atoms with Crippen LogP contribution in [0.25, 0.3) is 0 Å². The van der Waals surface area contributed by atoms with Gasteiger partial charge in [0.05, 0.1) is 18.4 Å². The molecule has 0 aliphatic carbocycles. The molecule has 33 heavy (non-hydrogen) atoms. The Morgan fingerprint density at radius 3 is 2.03 bits per heavy atom. The number of hydrogen-bond acceptors (Lipinski definition) is 6. The van der Waals surface area contributed by atoms with Crippen LogP contribution in [0, 0.1) is 23.7 Å². The molecule has 7 nitrogen and oxygen atoms in total. The number of carboxylic acids is 1. The van der Waals surface area contributed by atoms with Crippen molar-refractivity contribution < 1.29 is 28.3 Å². The molecule has 0 aliphatic rings. The largest absolute Gasteiger partial charge is 0.497 e. The maximum Gasteiger partial charge on any atom is 0.338 e. The fraction of sp³-hybridized carbons (Fsp3) is 0.560. The minimum absolute atomic E-state index is 0.108. The summed E-state index contributed by atoms with van der Waals surface area (Å²) >= 11 is 0. The molecule has 0 spiro atoms. The second-order valence-corrected chi connectivity index (χ2v) is 9.59. The highest BCUT2D eigenvalue weighted by Crippen LogP contribution is 2.30. The molecule has 4 N–H and O–H groups in total. The fourth-order valence-electron chi connectivity index (χ4n) is 2.99. The Morgan fingerprint density at radius 1 is 0.939 bits per heavy atom. The van der Waals surface area contributed by atoms with Crippen molar-refractivity contribution >= 4 is 15.8 Å². The van der Waals surface area contributed by atoms with Gasteiger partial charge in [0.1, 0.15) is 5.75 Å². The van der Waals surface area contributed by atoms with Crippen molar-refractivity contribution in [2.24, 2.45) is 5.90 Å².